The van der Waals surface area contributed by atoms with Gasteiger partial charge in [-0.3, -0.25) is 0 Å². The van der Waals surface area contributed by atoms with Crippen LogP contribution in [0.5, 0.6) is 0 Å². The van der Waals surface area contributed by atoms with Gasteiger partial charge in [0.2, 0.25) is 0 Å². The fourth-order valence-electron chi connectivity index (χ4n) is 3.38. The number of carbonyl (C=O) groups is 4. The summed E-state index contributed by atoms with van der Waals surface area (Å²) in [5.74, 6) is -3.51. The number of aromatic nitrogens is 2. The van der Waals surface area contributed by atoms with E-state index in [1.54, 1.807) is 27.7 Å². The summed E-state index contributed by atoms with van der Waals surface area (Å²) in [5.41, 5.74) is 3.25. The maximum atomic E-state index is 12.3. The summed E-state index contributed by atoms with van der Waals surface area (Å²) in [7, 11) is 0. The quantitative estimate of drug-likeness (QED) is 0.312. The average Bonchev–Trinajstić information content (AvgIpc) is 3.21. The van der Waals surface area contributed by atoms with E-state index >= 15 is 0 Å². The molecule has 0 radical (unpaired) electrons. The van der Waals surface area contributed by atoms with Crippen LogP contribution in [0.15, 0.2) is 12.2 Å². The summed E-state index contributed by atoms with van der Waals surface area (Å²) in [6, 6.07) is 0. The fraction of sp³-hybridized carbons (Fsp3) is 0.304. The number of carboxylic acids is 2. The van der Waals surface area contributed by atoms with Gasteiger partial charge < -0.3 is 29.7 Å². The molecule has 2 aromatic rings. The van der Waals surface area contributed by atoms with Gasteiger partial charge in [-0.25, -0.2) is 19.2 Å². The van der Waals surface area contributed by atoms with Crippen molar-refractivity contribution in [1.29, 1.82) is 0 Å². The summed E-state index contributed by atoms with van der Waals surface area (Å²) >= 11 is 0. The van der Waals surface area contributed by atoms with E-state index in [9.17, 15) is 19.2 Å². The third-order valence-electron chi connectivity index (χ3n) is 4.86. The monoisotopic (exact) mass is 458 g/mol. The second-order valence-corrected chi connectivity index (χ2v) is 7.00. The molecule has 0 aliphatic carbocycles. The lowest BCUT2D eigenvalue weighted by Crippen LogP contribution is -2.07. The van der Waals surface area contributed by atoms with Gasteiger partial charge in [0.25, 0.3) is 0 Å². The molecular formula is C23H26N2O8. The molecule has 0 atom stereocenters. The molecule has 0 aromatic carbocycles. The van der Waals surface area contributed by atoms with Gasteiger partial charge >= 0.3 is 23.9 Å². The summed E-state index contributed by atoms with van der Waals surface area (Å²) in [5, 5.41) is 18.1. The highest BCUT2D eigenvalue weighted by molar-refractivity contribution is 5.94. The van der Waals surface area contributed by atoms with Gasteiger partial charge in [-0.15, -0.1) is 0 Å². The molecule has 4 N–H and O–H groups in total. The number of carboxylic acid groups (broad SMARTS) is 2. The van der Waals surface area contributed by atoms with Crippen molar-refractivity contribution in [3.63, 3.8) is 0 Å². The number of hydrogen-bond donors (Lipinski definition) is 4. The first kappa shape index (κ1) is 25.2. The number of aliphatic carboxylic acids is 2. The number of hydrogen-bond acceptors (Lipinski definition) is 6. The largest absolute Gasteiger partial charge is 0.478 e. The molecule has 0 unspecified atom stereocenters. The first-order chi connectivity index (χ1) is 15.6. The van der Waals surface area contributed by atoms with Crippen molar-refractivity contribution in [3.05, 3.63) is 57.2 Å². The summed E-state index contributed by atoms with van der Waals surface area (Å²) in [6.45, 7) is 6.97. The molecule has 0 bridgehead atoms. The molecule has 10 nitrogen and oxygen atoms in total. The van der Waals surface area contributed by atoms with Crippen molar-refractivity contribution >= 4 is 36.0 Å². The predicted molar refractivity (Wildman–Crippen MR) is 119 cm³/mol. The van der Waals surface area contributed by atoms with Crippen molar-refractivity contribution in [2.24, 2.45) is 0 Å². The second kappa shape index (κ2) is 11.0. The molecule has 0 aliphatic heterocycles. The average molecular weight is 458 g/mol. The van der Waals surface area contributed by atoms with Gasteiger partial charge in [0, 0.05) is 30.0 Å². The Morgan fingerprint density at radius 3 is 1.42 bits per heavy atom. The smallest absolute Gasteiger partial charge is 0.355 e. The minimum Gasteiger partial charge on any atom is -0.478 e. The standard InChI is InChI=1S/C23H26N2O8/c1-5-32-22(30)20-12(3)14(7-9-18(26)27)16(24-20)11-17-15(8-10-19(28)29)13(4)21(25-17)23(31)33-6-2/h7-10,24-25H,5-6,11H2,1-4H3,(H,26,27)(H,28,29)/b9-7+,10-8+. The van der Waals surface area contributed by atoms with E-state index in [2.05, 4.69) is 9.97 Å². The van der Waals surface area contributed by atoms with E-state index in [0.29, 0.717) is 33.6 Å². The lowest BCUT2D eigenvalue weighted by Gasteiger charge is -2.03. The molecule has 0 saturated heterocycles. The van der Waals surface area contributed by atoms with Crippen LogP contribution in [0.3, 0.4) is 0 Å². The molecular weight excluding hydrogens is 432 g/mol. The highest BCUT2D eigenvalue weighted by Crippen LogP contribution is 2.27. The SMILES string of the molecule is CCOC(=O)c1[nH]c(Cc2[nH]c(C(=O)OCC)c(C)c2/C=C/C(=O)O)c(/C=C/C(=O)O)c1C. The van der Waals surface area contributed by atoms with Crippen molar-refractivity contribution in [2.45, 2.75) is 34.1 Å². The molecule has 0 aliphatic rings. The van der Waals surface area contributed by atoms with Crippen molar-refractivity contribution in [2.75, 3.05) is 13.2 Å². The number of rotatable bonds is 10. The Hall–Kier alpha value is -4.08. The summed E-state index contributed by atoms with van der Waals surface area (Å²) in [6.07, 6.45) is 4.73. The molecule has 2 heterocycles. The molecule has 0 saturated carbocycles. The van der Waals surface area contributed by atoms with E-state index in [1.807, 2.05) is 0 Å². The van der Waals surface area contributed by atoms with Crippen molar-refractivity contribution in [1.82, 2.24) is 9.97 Å². The number of nitrogens with one attached hydrogen (secondary N) is 2. The third kappa shape index (κ3) is 6.00. The Morgan fingerprint density at radius 1 is 0.758 bits per heavy atom. The van der Waals surface area contributed by atoms with Crippen LogP contribution in [0.25, 0.3) is 12.2 Å². The third-order valence-corrected chi connectivity index (χ3v) is 4.86. The highest BCUT2D eigenvalue weighted by Gasteiger charge is 2.23. The number of H-pyrrole nitrogens is 2. The number of esters is 2. The number of ether oxygens (including phenoxy) is 2. The van der Waals surface area contributed by atoms with Crippen LogP contribution in [0.4, 0.5) is 0 Å². The highest BCUT2D eigenvalue weighted by atomic mass is 16.5. The van der Waals surface area contributed by atoms with E-state index in [-0.39, 0.29) is 31.0 Å². The van der Waals surface area contributed by atoms with Gasteiger partial charge in [-0.2, -0.15) is 0 Å². The number of carbonyl (C=O) groups excluding carboxylic acids is 2. The van der Waals surface area contributed by atoms with Gasteiger partial charge in [-0.05, 0) is 62.1 Å². The van der Waals surface area contributed by atoms with E-state index in [1.165, 1.54) is 12.2 Å². The minimum absolute atomic E-state index is 0.110. The van der Waals surface area contributed by atoms with Gasteiger partial charge in [0.1, 0.15) is 11.4 Å². The number of aromatic amines is 2. The van der Waals surface area contributed by atoms with Crippen LogP contribution in [0, 0.1) is 13.8 Å². The Morgan fingerprint density at radius 2 is 1.12 bits per heavy atom. The summed E-state index contributed by atoms with van der Waals surface area (Å²) in [4.78, 5) is 52.8. The Balaban J connectivity index is 2.64. The van der Waals surface area contributed by atoms with Crippen LogP contribution < -0.4 is 0 Å². The van der Waals surface area contributed by atoms with Crippen molar-refractivity contribution in [3.8, 4) is 0 Å². The van der Waals surface area contributed by atoms with Gasteiger partial charge in [-0.1, -0.05) is 0 Å². The van der Waals surface area contributed by atoms with Crippen LogP contribution in [-0.4, -0.2) is 57.3 Å². The molecule has 2 aromatic heterocycles. The van der Waals surface area contributed by atoms with Crippen molar-refractivity contribution < 1.29 is 38.9 Å². The molecule has 176 valence electrons. The van der Waals surface area contributed by atoms with Crippen LogP contribution >= 0.6 is 0 Å². The summed E-state index contributed by atoms with van der Waals surface area (Å²) < 4.78 is 10.1. The molecule has 0 spiro atoms. The first-order valence-electron chi connectivity index (χ1n) is 10.2. The van der Waals surface area contributed by atoms with Crippen LogP contribution in [-0.2, 0) is 25.5 Å². The maximum absolute atomic E-state index is 12.3. The maximum Gasteiger partial charge on any atom is 0.355 e. The normalized spacial score (nSPS) is 11.3. The minimum atomic E-state index is -1.16. The Kier molecular flexibility index (Phi) is 8.38. The predicted octanol–water partition coefficient (Wildman–Crippen LogP) is 3.10. The zero-order valence-electron chi connectivity index (χ0n) is 18.8. The topological polar surface area (TPSA) is 159 Å². The van der Waals surface area contributed by atoms with E-state index < -0.39 is 23.9 Å². The zero-order chi connectivity index (χ0) is 24.7. The Labute approximate surface area is 189 Å². The van der Waals surface area contributed by atoms with E-state index in [0.717, 1.165) is 12.2 Å². The zero-order valence-corrected chi connectivity index (χ0v) is 18.8. The molecule has 33 heavy (non-hydrogen) atoms. The lowest BCUT2D eigenvalue weighted by atomic mass is 10.0. The van der Waals surface area contributed by atoms with E-state index in [4.69, 9.17) is 19.7 Å². The second-order valence-electron chi connectivity index (χ2n) is 7.00. The van der Waals surface area contributed by atoms with Crippen LogP contribution in [0.1, 0.15) is 68.5 Å². The lowest BCUT2D eigenvalue weighted by molar-refractivity contribution is -0.132. The molecule has 0 amide bonds. The Bertz CT molecular complexity index is 1050. The van der Waals surface area contributed by atoms with Crippen LogP contribution in [0.2, 0.25) is 0 Å². The van der Waals surface area contributed by atoms with Gasteiger partial charge in [0.15, 0.2) is 0 Å². The molecule has 0 fully saturated rings. The first-order valence-corrected chi connectivity index (χ1v) is 10.2. The molecule has 2 rings (SSSR count). The fourth-order valence-corrected chi connectivity index (χ4v) is 3.38. The van der Waals surface area contributed by atoms with Gasteiger partial charge in [0.05, 0.1) is 13.2 Å². The molecule has 10 heteroatoms.